The van der Waals surface area contributed by atoms with Crippen molar-refractivity contribution in [3.63, 3.8) is 0 Å². The van der Waals surface area contributed by atoms with Gasteiger partial charge in [0.2, 0.25) is 0 Å². The normalized spacial score (nSPS) is 11.0. The molecule has 21 heavy (non-hydrogen) atoms. The summed E-state index contributed by atoms with van der Waals surface area (Å²) in [6, 6.07) is 6.33. The molecule has 3 nitrogen and oxygen atoms in total. The van der Waals surface area contributed by atoms with Gasteiger partial charge in [-0.2, -0.15) is 0 Å². The van der Waals surface area contributed by atoms with Crippen LogP contribution in [0.5, 0.6) is 0 Å². The third kappa shape index (κ3) is 2.19. The molecule has 1 aromatic heterocycles. The molecule has 6 heteroatoms. The molecule has 0 N–H and O–H groups in total. The van der Waals surface area contributed by atoms with Crippen molar-refractivity contribution in [1.29, 1.82) is 0 Å². The van der Waals surface area contributed by atoms with E-state index < -0.39 is 11.6 Å². The second-order valence-corrected chi connectivity index (χ2v) is 6.87. The Labute approximate surface area is 135 Å². The molecule has 0 aliphatic carbocycles. The second kappa shape index (κ2) is 5.29. The Kier molecular flexibility index (Phi) is 3.60. The molecule has 2 aromatic carbocycles. The van der Waals surface area contributed by atoms with Gasteiger partial charge in [0.1, 0.15) is 0 Å². The molecule has 3 rings (SSSR count). The van der Waals surface area contributed by atoms with Crippen molar-refractivity contribution in [2.24, 2.45) is 0 Å². The number of hydrogen-bond donors (Lipinski definition) is 0. The van der Waals surface area contributed by atoms with Crippen molar-refractivity contribution >= 4 is 43.4 Å². The molecular weight excluding hydrogens is 467 g/mol. The first kappa shape index (κ1) is 14.3. The number of nitrogens with zero attached hydrogens (tertiary/aromatic N) is 2. The number of aldehydes is 1. The Morgan fingerprint density at radius 2 is 1.86 bits per heavy atom. The van der Waals surface area contributed by atoms with Crippen LogP contribution in [0.1, 0.15) is 15.9 Å². The number of aryl methyl sites for hydroxylation is 1. The molecule has 102 valence electrons. The molecule has 0 radical (unpaired) electrons. The molecular formula is C15H9F2N2OTl. The first-order chi connectivity index (χ1) is 10.0. The molecule has 3 aromatic rings. The number of aromatic nitrogens is 2. The Morgan fingerprint density at radius 1 is 1.14 bits per heavy atom. The Hall–Kier alpha value is -1.64. The first-order valence-electron chi connectivity index (χ1n) is 6.20. The molecule has 0 saturated carbocycles. The van der Waals surface area contributed by atoms with Crippen molar-refractivity contribution in [2.45, 2.75) is 6.92 Å². The molecule has 0 unspecified atom stereocenters. The van der Waals surface area contributed by atoms with Crippen molar-refractivity contribution in [3.05, 3.63) is 53.4 Å². The monoisotopic (exact) mass is 476 g/mol. The fourth-order valence-electron chi connectivity index (χ4n) is 2.39. The molecule has 0 amide bonds. The molecule has 0 aliphatic heterocycles. The van der Waals surface area contributed by atoms with Crippen LogP contribution in [0.15, 0.2) is 30.6 Å². The van der Waals surface area contributed by atoms with Gasteiger partial charge in [-0.25, -0.2) is 0 Å². The van der Waals surface area contributed by atoms with E-state index in [1.807, 2.05) is 15.4 Å². The van der Waals surface area contributed by atoms with E-state index in [0.717, 1.165) is 16.6 Å². The molecule has 0 spiro atoms. The molecule has 1 heterocycles. The fraction of sp³-hybridized carbons (Fsp3) is 0.0667. The summed E-state index contributed by atoms with van der Waals surface area (Å²) in [6.07, 6.45) is 2.06. The van der Waals surface area contributed by atoms with Crippen molar-refractivity contribution in [2.75, 3.05) is 0 Å². The predicted molar refractivity (Wildman–Crippen MR) is 76.4 cm³/mol. The van der Waals surface area contributed by atoms with Crippen LogP contribution in [0, 0.1) is 18.6 Å². The van der Waals surface area contributed by atoms with Crippen LogP contribution >= 0.6 is 0 Å². The second-order valence-electron chi connectivity index (χ2n) is 4.71. The zero-order chi connectivity index (χ0) is 15.1. The number of carbonyl (C=O) groups excluding carboxylic acids is 1. The fourth-order valence-corrected chi connectivity index (χ4v) is 3.46. The number of fused-ring (bicyclic) bond motifs is 1. The minimum atomic E-state index is -1.11. The van der Waals surface area contributed by atoms with E-state index in [1.165, 1.54) is 12.1 Å². The van der Waals surface area contributed by atoms with Gasteiger partial charge >= 0.3 is 136 Å². The van der Waals surface area contributed by atoms with Crippen LogP contribution in [0.3, 0.4) is 0 Å². The minimum absolute atomic E-state index is 0.142. The van der Waals surface area contributed by atoms with Crippen LogP contribution in [-0.4, -0.2) is 39.7 Å². The van der Waals surface area contributed by atoms with Gasteiger partial charge in [-0.05, 0) is 0 Å². The first-order valence-corrected chi connectivity index (χ1v) is 8.20. The van der Waals surface area contributed by atoms with Gasteiger partial charge in [-0.3, -0.25) is 0 Å². The third-order valence-corrected chi connectivity index (χ3v) is 5.13. The summed E-state index contributed by atoms with van der Waals surface area (Å²) in [7, 11) is 0. The van der Waals surface area contributed by atoms with Gasteiger partial charge in [-0.1, -0.05) is 0 Å². The maximum atomic E-state index is 14.2. The van der Waals surface area contributed by atoms with Crippen LogP contribution in [-0.2, 0) is 0 Å². The van der Waals surface area contributed by atoms with E-state index >= 15 is 0 Å². The Bertz CT molecular complexity index is 874. The molecule has 0 saturated heterocycles. The summed E-state index contributed by atoms with van der Waals surface area (Å²) in [5, 5.41) is 0. The topological polar surface area (TPSA) is 34.9 Å². The number of hydrogen-bond acceptors (Lipinski definition) is 2. The van der Waals surface area contributed by atoms with E-state index in [1.54, 1.807) is 12.4 Å². The van der Waals surface area contributed by atoms with Gasteiger partial charge in [0, 0.05) is 0 Å². The summed E-state index contributed by atoms with van der Waals surface area (Å²) in [5.41, 5.74) is 3.02. The SMILES string of the molecule is Cc1c(-c2ccc(C=O)c(F)c2F)ccc2c1nc[n]2[Tl]. The zero-order valence-electron chi connectivity index (χ0n) is 11.1. The van der Waals surface area contributed by atoms with Crippen molar-refractivity contribution in [1.82, 2.24) is 7.36 Å². The standard InChI is InChI=1S/C15H10F2N2O.Tl/c1-8-10(4-5-12-15(8)19-7-18-12)11-3-2-9(6-20)13(16)14(11)17;/h2-7H,1H3,(H,18,19,20);/q;+1/p-1. The third-order valence-electron chi connectivity index (χ3n) is 3.53. The summed E-state index contributed by atoms with van der Waals surface area (Å²) in [6.45, 7) is 1.83. The van der Waals surface area contributed by atoms with E-state index in [2.05, 4.69) is 4.98 Å². The van der Waals surface area contributed by atoms with Gasteiger partial charge in [0.15, 0.2) is 0 Å². The average Bonchev–Trinajstić information content (AvgIpc) is 2.85. The van der Waals surface area contributed by atoms with Crippen molar-refractivity contribution in [3.8, 4) is 11.1 Å². The molecule has 0 atom stereocenters. The van der Waals surface area contributed by atoms with Crippen LogP contribution in [0.4, 0.5) is 8.78 Å². The van der Waals surface area contributed by atoms with Crippen molar-refractivity contribution < 1.29 is 13.6 Å². The summed E-state index contributed by atoms with van der Waals surface area (Å²) in [5.74, 6) is -2.12. The van der Waals surface area contributed by atoms with Gasteiger partial charge < -0.3 is 0 Å². The van der Waals surface area contributed by atoms with Crippen LogP contribution in [0.2, 0.25) is 0 Å². The number of rotatable bonds is 2. The molecule has 0 bridgehead atoms. The Balaban J connectivity index is 2.28. The van der Waals surface area contributed by atoms with E-state index in [-0.39, 0.29) is 11.1 Å². The molecule has 0 aliphatic rings. The summed E-state index contributed by atoms with van der Waals surface area (Å²) < 4.78 is 30.0. The number of imidazole rings is 1. The van der Waals surface area contributed by atoms with Gasteiger partial charge in [-0.15, -0.1) is 0 Å². The summed E-state index contributed by atoms with van der Waals surface area (Å²) >= 11 is 0.589. The van der Waals surface area contributed by atoms with Crippen LogP contribution < -0.4 is 0 Å². The number of halogens is 2. The van der Waals surface area contributed by atoms with Crippen LogP contribution in [0.25, 0.3) is 22.2 Å². The predicted octanol–water partition coefficient (Wildman–Crippen LogP) is 3.03. The number of carbonyl (C=O) groups is 1. The van der Waals surface area contributed by atoms with E-state index in [9.17, 15) is 13.6 Å². The Morgan fingerprint density at radius 3 is 2.57 bits per heavy atom. The van der Waals surface area contributed by atoms with Gasteiger partial charge in [0.05, 0.1) is 0 Å². The number of benzene rings is 2. The quantitative estimate of drug-likeness (QED) is 0.422. The zero-order valence-corrected chi connectivity index (χ0v) is 15.6. The molecule has 0 fully saturated rings. The van der Waals surface area contributed by atoms with E-state index in [4.69, 9.17) is 0 Å². The van der Waals surface area contributed by atoms with E-state index in [0.29, 0.717) is 37.9 Å². The average molecular weight is 476 g/mol. The van der Waals surface area contributed by atoms with Gasteiger partial charge in [0.25, 0.3) is 0 Å². The summed E-state index contributed by atoms with van der Waals surface area (Å²) in [4.78, 5) is 15.0. The maximum absolute atomic E-state index is 14.2.